The first-order valence-corrected chi connectivity index (χ1v) is 12.0. The molecular weight excluding hydrogens is 429 g/mol. The molecule has 0 aliphatic carbocycles. The minimum Gasteiger partial charge on any atom is -0.356 e. The molecule has 1 unspecified atom stereocenters. The molecular formula is C27H30FN5O. The van der Waals surface area contributed by atoms with Crippen LogP contribution in [0.4, 0.5) is 10.2 Å². The van der Waals surface area contributed by atoms with Crippen LogP contribution in [0.25, 0.3) is 11.4 Å². The predicted octanol–water partition coefficient (Wildman–Crippen LogP) is 3.84. The maximum absolute atomic E-state index is 13.6. The fraction of sp³-hybridized carbons (Fsp3) is 0.370. The summed E-state index contributed by atoms with van der Waals surface area (Å²) in [5, 5.41) is 0. The summed E-state index contributed by atoms with van der Waals surface area (Å²) in [5.74, 6) is 1.21. The number of amides is 1. The largest absolute Gasteiger partial charge is 0.356 e. The van der Waals surface area contributed by atoms with Gasteiger partial charge >= 0.3 is 0 Å². The average molecular weight is 460 g/mol. The van der Waals surface area contributed by atoms with Crippen molar-refractivity contribution in [3.8, 4) is 11.4 Å². The summed E-state index contributed by atoms with van der Waals surface area (Å²) in [7, 11) is 0. The topological polar surface area (TPSA) is 52.6 Å². The zero-order valence-electron chi connectivity index (χ0n) is 19.3. The monoisotopic (exact) mass is 459 g/mol. The van der Waals surface area contributed by atoms with Gasteiger partial charge in [0, 0.05) is 57.6 Å². The molecule has 1 atom stereocenters. The molecule has 2 aliphatic heterocycles. The third-order valence-corrected chi connectivity index (χ3v) is 6.75. The summed E-state index contributed by atoms with van der Waals surface area (Å²) in [5.41, 5.74) is 1.97. The number of hydrogen-bond acceptors (Lipinski definition) is 5. The van der Waals surface area contributed by atoms with E-state index in [1.54, 1.807) is 12.3 Å². The lowest BCUT2D eigenvalue weighted by atomic mass is 9.96. The number of piperidine rings is 1. The van der Waals surface area contributed by atoms with Crippen LogP contribution in [-0.4, -0.2) is 64.9 Å². The third kappa shape index (κ3) is 5.25. The van der Waals surface area contributed by atoms with Crippen molar-refractivity contribution in [2.24, 2.45) is 5.92 Å². The van der Waals surface area contributed by atoms with Gasteiger partial charge in [-0.3, -0.25) is 9.69 Å². The molecule has 2 aliphatic rings. The van der Waals surface area contributed by atoms with Gasteiger partial charge in [-0.25, -0.2) is 14.4 Å². The van der Waals surface area contributed by atoms with Gasteiger partial charge in [-0.1, -0.05) is 42.5 Å². The second-order valence-corrected chi connectivity index (χ2v) is 9.12. The molecule has 3 aromatic rings. The normalized spacial score (nSPS) is 19.3. The van der Waals surface area contributed by atoms with E-state index in [0.29, 0.717) is 17.9 Å². The first kappa shape index (κ1) is 22.5. The van der Waals surface area contributed by atoms with Crippen molar-refractivity contribution >= 4 is 11.7 Å². The highest BCUT2D eigenvalue weighted by molar-refractivity contribution is 5.80. The minimum absolute atomic E-state index is 0.0259. The van der Waals surface area contributed by atoms with E-state index in [2.05, 4.69) is 44.0 Å². The van der Waals surface area contributed by atoms with Crippen LogP contribution in [0.15, 0.2) is 66.9 Å². The summed E-state index contributed by atoms with van der Waals surface area (Å²) in [6.07, 6.45) is 3.56. The summed E-state index contributed by atoms with van der Waals surface area (Å²) >= 11 is 0. The van der Waals surface area contributed by atoms with Crippen LogP contribution in [0.3, 0.4) is 0 Å². The molecule has 2 saturated heterocycles. The zero-order chi connectivity index (χ0) is 23.3. The van der Waals surface area contributed by atoms with E-state index in [4.69, 9.17) is 0 Å². The number of anilines is 1. The Hall–Kier alpha value is -3.32. The number of benzene rings is 2. The fourth-order valence-corrected chi connectivity index (χ4v) is 4.90. The van der Waals surface area contributed by atoms with Crippen LogP contribution in [-0.2, 0) is 11.3 Å². The van der Waals surface area contributed by atoms with E-state index in [0.717, 1.165) is 57.9 Å². The Labute approximate surface area is 200 Å². The molecule has 0 radical (unpaired) electrons. The number of aromatic nitrogens is 2. The standard InChI is InChI=1S/C27H30FN5O/c28-24-10-4-8-22(18-24)26-29-12-11-25(30-26)33-13-5-9-23(20-33)27(34)32-16-14-31(15-17-32)19-21-6-2-1-3-7-21/h1-4,6-8,10-12,18,23H,5,9,13-17,19-20H2. The van der Waals surface area contributed by atoms with E-state index < -0.39 is 0 Å². The first-order valence-electron chi connectivity index (χ1n) is 12.0. The van der Waals surface area contributed by atoms with Crippen LogP contribution in [0.2, 0.25) is 0 Å². The van der Waals surface area contributed by atoms with Gasteiger partial charge < -0.3 is 9.80 Å². The number of halogens is 1. The summed E-state index contributed by atoms with van der Waals surface area (Å²) in [4.78, 5) is 29.0. The SMILES string of the molecule is O=C(C1CCCN(c2ccnc(-c3cccc(F)c3)n2)C1)N1CCN(Cc2ccccc2)CC1. The molecule has 2 aromatic carbocycles. The Morgan fingerprint density at radius 2 is 1.79 bits per heavy atom. The Bertz CT molecular complexity index is 1120. The second kappa shape index (κ2) is 10.3. The molecule has 1 aromatic heterocycles. The van der Waals surface area contributed by atoms with Crippen molar-refractivity contribution in [1.29, 1.82) is 0 Å². The molecule has 5 rings (SSSR count). The molecule has 7 heteroatoms. The Morgan fingerprint density at radius 3 is 2.59 bits per heavy atom. The van der Waals surface area contributed by atoms with Crippen LogP contribution in [0.1, 0.15) is 18.4 Å². The number of rotatable bonds is 5. The van der Waals surface area contributed by atoms with Crippen molar-refractivity contribution in [2.75, 3.05) is 44.2 Å². The lowest BCUT2D eigenvalue weighted by molar-refractivity contribution is -0.137. The molecule has 0 N–H and O–H groups in total. The summed E-state index contributed by atoms with van der Waals surface area (Å²) in [6, 6.07) is 18.7. The van der Waals surface area contributed by atoms with Gasteiger partial charge in [0.2, 0.25) is 5.91 Å². The van der Waals surface area contributed by atoms with Crippen molar-refractivity contribution in [1.82, 2.24) is 19.8 Å². The molecule has 34 heavy (non-hydrogen) atoms. The van der Waals surface area contributed by atoms with Crippen molar-refractivity contribution in [3.05, 3.63) is 78.2 Å². The zero-order valence-corrected chi connectivity index (χ0v) is 19.3. The highest BCUT2D eigenvalue weighted by Crippen LogP contribution is 2.25. The van der Waals surface area contributed by atoms with E-state index in [1.807, 2.05) is 23.1 Å². The molecule has 0 saturated carbocycles. The number of carbonyl (C=O) groups excluding carboxylic acids is 1. The fourth-order valence-electron chi connectivity index (χ4n) is 4.90. The van der Waals surface area contributed by atoms with Gasteiger partial charge in [0.1, 0.15) is 11.6 Å². The first-order chi connectivity index (χ1) is 16.7. The molecule has 176 valence electrons. The van der Waals surface area contributed by atoms with E-state index in [-0.39, 0.29) is 17.6 Å². The lowest BCUT2D eigenvalue weighted by Gasteiger charge is -2.39. The van der Waals surface area contributed by atoms with Crippen LogP contribution in [0.5, 0.6) is 0 Å². The Morgan fingerprint density at radius 1 is 0.971 bits per heavy atom. The Balaban J connectivity index is 1.19. The van der Waals surface area contributed by atoms with Gasteiger partial charge in [-0.05, 0) is 36.6 Å². The molecule has 3 heterocycles. The second-order valence-electron chi connectivity index (χ2n) is 9.12. The maximum atomic E-state index is 13.6. The van der Waals surface area contributed by atoms with Gasteiger partial charge in [0.05, 0.1) is 5.92 Å². The quantitative estimate of drug-likeness (QED) is 0.580. The highest BCUT2D eigenvalue weighted by atomic mass is 19.1. The van der Waals surface area contributed by atoms with Crippen LogP contribution in [0, 0.1) is 11.7 Å². The smallest absolute Gasteiger partial charge is 0.227 e. The highest BCUT2D eigenvalue weighted by Gasteiger charge is 2.31. The third-order valence-electron chi connectivity index (χ3n) is 6.75. The number of piperazine rings is 1. The number of hydrogen-bond donors (Lipinski definition) is 0. The lowest BCUT2D eigenvalue weighted by Crippen LogP contribution is -2.52. The van der Waals surface area contributed by atoms with Gasteiger partial charge in [-0.15, -0.1) is 0 Å². The molecule has 2 fully saturated rings. The molecule has 6 nitrogen and oxygen atoms in total. The predicted molar refractivity (Wildman–Crippen MR) is 131 cm³/mol. The van der Waals surface area contributed by atoms with Crippen molar-refractivity contribution < 1.29 is 9.18 Å². The number of carbonyl (C=O) groups is 1. The van der Waals surface area contributed by atoms with Gasteiger partial charge in [0.15, 0.2) is 5.82 Å². The van der Waals surface area contributed by atoms with E-state index >= 15 is 0 Å². The van der Waals surface area contributed by atoms with E-state index in [1.165, 1.54) is 17.7 Å². The minimum atomic E-state index is -0.306. The van der Waals surface area contributed by atoms with Gasteiger partial charge in [0.25, 0.3) is 0 Å². The van der Waals surface area contributed by atoms with Crippen LogP contribution >= 0.6 is 0 Å². The number of nitrogens with zero attached hydrogens (tertiary/aromatic N) is 5. The summed E-state index contributed by atoms with van der Waals surface area (Å²) < 4.78 is 13.6. The van der Waals surface area contributed by atoms with Gasteiger partial charge in [-0.2, -0.15) is 0 Å². The molecule has 1 amide bonds. The Kier molecular flexibility index (Phi) is 6.81. The maximum Gasteiger partial charge on any atom is 0.227 e. The van der Waals surface area contributed by atoms with E-state index in [9.17, 15) is 9.18 Å². The molecule has 0 spiro atoms. The molecule has 0 bridgehead atoms. The van der Waals surface area contributed by atoms with Crippen molar-refractivity contribution in [2.45, 2.75) is 19.4 Å². The average Bonchev–Trinajstić information content (AvgIpc) is 2.89. The summed E-state index contributed by atoms with van der Waals surface area (Å²) in [6.45, 7) is 5.80. The van der Waals surface area contributed by atoms with Crippen molar-refractivity contribution in [3.63, 3.8) is 0 Å². The van der Waals surface area contributed by atoms with Crippen LogP contribution < -0.4 is 4.90 Å².